The van der Waals surface area contributed by atoms with Crippen LogP contribution in [0.4, 0.5) is 0 Å². The number of fused-ring (bicyclic) bond motifs is 4. The Hall–Kier alpha value is -3.35. The first-order chi connectivity index (χ1) is 15.5. The fraction of sp³-hybridized carbons (Fsp3) is 0.0968. The molecule has 0 atom stereocenters. The second kappa shape index (κ2) is 7.08. The highest BCUT2D eigenvalue weighted by Gasteiger charge is 2.35. The van der Waals surface area contributed by atoms with Gasteiger partial charge >= 0.3 is 0 Å². The van der Waals surface area contributed by atoms with Gasteiger partial charge in [0.1, 0.15) is 0 Å². The molecule has 0 unspecified atom stereocenters. The third-order valence-corrected chi connectivity index (χ3v) is 7.17. The van der Waals surface area contributed by atoms with Gasteiger partial charge in [-0.2, -0.15) is 0 Å². The molecule has 1 heteroatoms. The van der Waals surface area contributed by atoms with E-state index >= 15 is 0 Å². The molecular weight excluding hydrogens is 408 g/mol. The zero-order chi connectivity index (χ0) is 21.9. The molecule has 0 saturated carbocycles. The lowest BCUT2D eigenvalue weighted by Crippen LogP contribution is -2.14. The second-order valence-corrected chi connectivity index (χ2v) is 9.59. The summed E-state index contributed by atoms with van der Waals surface area (Å²) in [6.07, 6.45) is 0. The van der Waals surface area contributed by atoms with Gasteiger partial charge in [0, 0.05) is 10.4 Å². The molecule has 0 aromatic heterocycles. The topological polar surface area (TPSA) is 0 Å². The highest BCUT2D eigenvalue weighted by molar-refractivity contribution is 6.31. The van der Waals surface area contributed by atoms with Crippen LogP contribution in [0.1, 0.15) is 25.0 Å². The average molecular weight is 431 g/mol. The van der Waals surface area contributed by atoms with Crippen LogP contribution in [0.5, 0.6) is 0 Å². The summed E-state index contributed by atoms with van der Waals surface area (Å²) in [5.74, 6) is 0. The molecule has 0 fully saturated rings. The SMILES string of the molecule is CC1(C)c2ccccc2-c2cc(-c3c(-c4cccc(Cl)c4)ccc4ccccc34)ccc21. The van der Waals surface area contributed by atoms with E-state index in [-0.39, 0.29) is 5.41 Å². The largest absolute Gasteiger partial charge is 0.0843 e. The fourth-order valence-corrected chi connectivity index (χ4v) is 5.55. The van der Waals surface area contributed by atoms with Crippen molar-refractivity contribution in [3.05, 3.63) is 119 Å². The van der Waals surface area contributed by atoms with Crippen molar-refractivity contribution in [2.24, 2.45) is 0 Å². The third kappa shape index (κ3) is 2.83. The Morgan fingerprint density at radius 1 is 0.562 bits per heavy atom. The van der Waals surface area contributed by atoms with Gasteiger partial charge < -0.3 is 0 Å². The Balaban J connectivity index is 1.66. The molecule has 0 nitrogen and oxygen atoms in total. The van der Waals surface area contributed by atoms with Gasteiger partial charge in [-0.25, -0.2) is 0 Å². The van der Waals surface area contributed by atoms with Gasteiger partial charge in [0.15, 0.2) is 0 Å². The Morgan fingerprint density at radius 3 is 2.22 bits per heavy atom. The monoisotopic (exact) mass is 430 g/mol. The van der Waals surface area contributed by atoms with E-state index in [4.69, 9.17) is 11.6 Å². The van der Waals surface area contributed by atoms with E-state index in [0.29, 0.717) is 0 Å². The van der Waals surface area contributed by atoms with Gasteiger partial charge in [0.2, 0.25) is 0 Å². The van der Waals surface area contributed by atoms with Crippen LogP contribution in [0.25, 0.3) is 44.2 Å². The summed E-state index contributed by atoms with van der Waals surface area (Å²) in [4.78, 5) is 0. The van der Waals surface area contributed by atoms with Crippen molar-refractivity contribution in [3.63, 3.8) is 0 Å². The smallest absolute Gasteiger partial charge is 0.0412 e. The van der Waals surface area contributed by atoms with Crippen LogP contribution < -0.4 is 0 Å². The van der Waals surface area contributed by atoms with E-state index < -0.39 is 0 Å². The predicted octanol–water partition coefficient (Wildman–Crippen LogP) is 9.13. The van der Waals surface area contributed by atoms with E-state index in [1.54, 1.807) is 0 Å². The first-order valence-corrected chi connectivity index (χ1v) is 11.4. The van der Waals surface area contributed by atoms with Crippen molar-refractivity contribution in [2.45, 2.75) is 19.3 Å². The van der Waals surface area contributed by atoms with E-state index in [1.165, 1.54) is 49.7 Å². The van der Waals surface area contributed by atoms with Crippen LogP contribution in [0.2, 0.25) is 5.02 Å². The molecule has 1 aliphatic rings. The van der Waals surface area contributed by atoms with Gasteiger partial charge in [-0.15, -0.1) is 0 Å². The summed E-state index contributed by atoms with van der Waals surface area (Å²) >= 11 is 6.38. The zero-order valence-electron chi connectivity index (χ0n) is 18.2. The van der Waals surface area contributed by atoms with Crippen molar-refractivity contribution in [3.8, 4) is 33.4 Å². The molecule has 5 aromatic rings. The molecule has 1 aliphatic carbocycles. The van der Waals surface area contributed by atoms with Gasteiger partial charge in [-0.1, -0.05) is 110 Å². The lowest BCUT2D eigenvalue weighted by atomic mass is 9.81. The van der Waals surface area contributed by atoms with Crippen LogP contribution in [0.15, 0.2) is 103 Å². The van der Waals surface area contributed by atoms with Gasteiger partial charge in [-0.3, -0.25) is 0 Å². The molecule has 0 aliphatic heterocycles. The van der Waals surface area contributed by atoms with E-state index in [9.17, 15) is 0 Å². The van der Waals surface area contributed by atoms with Crippen molar-refractivity contribution >= 4 is 22.4 Å². The maximum atomic E-state index is 6.38. The molecule has 154 valence electrons. The summed E-state index contributed by atoms with van der Waals surface area (Å²) in [5.41, 5.74) is 10.3. The minimum absolute atomic E-state index is 0.0129. The Kier molecular flexibility index (Phi) is 4.28. The zero-order valence-corrected chi connectivity index (χ0v) is 18.9. The van der Waals surface area contributed by atoms with Crippen LogP contribution in [0.3, 0.4) is 0 Å². The highest BCUT2D eigenvalue weighted by Crippen LogP contribution is 2.50. The maximum Gasteiger partial charge on any atom is 0.0412 e. The normalized spacial score (nSPS) is 13.7. The van der Waals surface area contributed by atoms with E-state index in [0.717, 1.165) is 10.6 Å². The quantitative estimate of drug-likeness (QED) is 0.262. The molecule has 0 saturated heterocycles. The third-order valence-electron chi connectivity index (χ3n) is 6.94. The summed E-state index contributed by atoms with van der Waals surface area (Å²) in [7, 11) is 0. The Bertz CT molecular complexity index is 1510. The molecule has 5 aromatic carbocycles. The Morgan fingerprint density at radius 2 is 1.34 bits per heavy atom. The predicted molar refractivity (Wildman–Crippen MR) is 137 cm³/mol. The minimum atomic E-state index is 0.0129. The standard InChI is InChI=1S/C31H23Cl/c1-31(2)28-13-6-5-12-26(28)27-19-22(15-17-29(27)31)30-24-11-4-3-8-20(24)14-16-25(30)21-9-7-10-23(32)18-21/h3-19H,1-2H3. The molecule has 0 bridgehead atoms. The average Bonchev–Trinajstić information content (AvgIpc) is 3.05. The van der Waals surface area contributed by atoms with Gasteiger partial charge in [0.05, 0.1) is 0 Å². The van der Waals surface area contributed by atoms with E-state index in [2.05, 4.69) is 105 Å². The molecule has 32 heavy (non-hydrogen) atoms. The fourth-order valence-electron chi connectivity index (χ4n) is 5.35. The van der Waals surface area contributed by atoms with Crippen LogP contribution in [-0.4, -0.2) is 0 Å². The lowest BCUT2D eigenvalue weighted by molar-refractivity contribution is 0.660. The number of benzene rings is 5. The Labute approximate surface area is 194 Å². The maximum absolute atomic E-state index is 6.38. The first-order valence-electron chi connectivity index (χ1n) is 11.1. The number of hydrogen-bond acceptors (Lipinski definition) is 0. The van der Waals surface area contributed by atoms with Crippen molar-refractivity contribution in [2.75, 3.05) is 0 Å². The summed E-state index contributed by atoms with van der Waals surface area (Å²) < 4.78 is 0. The molecule has 0 N–H and O–H groups in total. The van der Waals surface area contributed by atoms with Crippen molar-refractivity contribution in [1.82, 2.24) is 0 Å². The van der Waals surface area contributed by atoms with Crippen molar-refractivity contribution < 1.29 is 0 Å². The molecule has 6 rings (SSSR count). The summed E-state index contributed by atoms with van der Waals surface area (Å²) in [6.45, 7) is 4.65. The number of hydrogen-bond donors (Lipinski definition) is 0. The second-order valence-electron chi connectivity index (χ2n) is 9.15. The van der Waals surface area contributed by atoms with Crippen LogP contribution >= 0.6 is 11.6 Å². The molecule has 0 heterocycles. The molecule has 0 amide bonds. The number of halogens is 1. The lowest BCUT2D eigenvalue weighted by Gasteiger charge is -2.22. The molecular formula is C31H23Cl. The van der Waals surface area contributed by atoms with Crippen LogP contribution in [-0.2, 0) is 5.41 Å². The highest BCUT2D eigenvalue weighted by atomic mass is 35.5. The molecule has 0 radical (unpaired) electrons. The van der Waals surface area contributed by atoms with Crippen molar-refractivity contribution in [1.29, 1.82) is 0 Å². The van der Waals surface area contributed by atoms with E-state index in [1.807, 2.05) is 12.1 Å². The van der Waals surface area contributed by atoms with Gasteiger partial charge in [0.25, 0.3) is 0 Å². The minimum Gasteiger partial charge on any atom is -0.0843 e. The first kappa shape index (κ1) is 19.3. The van der Waals surface area contributed by atoms with Gasteiger partial charge in [-0.05, 0) is 73.5 Å². The molecule has 0 spiro atoms. The summed E-state index contributed by atoms with van der Waals surface area (Å²) in [6, 6.07) is 37.1. The van der Waals surface area contributed by atoms with Crippen LogP contribution in [0, 0.1) is 0 Å². The summed E-state index contributed by atoms with van der Waals surface area (Å²) in [5, 5.41) is 3.26. The number of rotatable bonds is 2.